The maximum Gasteiger partial charge on any atom is 0.258 e. The van der Waals surface area contributed by atoms with Gasteiger partial charge in [-0.15, -0.1) is 5.10 Å². The van der Waals surface area contributed by atoms with Gasteiger partial charge in [-0.1, -0.05) is 0 Å². The maximum atomic E-state index is 12.2. The molecule has 6 nitrogen and oxygen atoms in total. The van der Waals surface area contributed by atoms with Gasteiger partial charge in [-0.3, -0.25) is 0 Å². The van der Waals surface area contributed by atoms with Crippen molar-refractivity contribution in [2.24, 2.45) is 0 Å². The quantitative estimate of drug-likeness (QED) is 0.686. The first-order valence-electron chi connectivity index (χ1n) is 4.91. The van der Waals surface area contributed by atoms with Gasteiger partial charge in [0.1, 0.15) is 6.54 Å². The molecule has 0 bridgehead atoms. The van der Waals surface area contributed by atoms with E-state index in [1.54, 1.807) is 7.11 Å². The number of aromatic nitrogens is 4. The fraction of sp³-hybridized carbons (Fsp3) is 0.875. The third kappa shape index (κ3) is 3.78. The van der Waals surface area contributed by atoms with Crippen molar-refractivity contribution >= 4 is 0 Å². The highest BCUT2D eigenvalue weighted by atomic mass is 19.3. The lowest BCUT2D eigenvalue weighted by molar-refractivity contribution is 0.118. The summed E-state index contributed by atoms with van der Waals surface area (Å²) in [7, 11) is 1.59. The minimum absolute atomic E-state index is 0.191. The zero-order chi connectivity index (χ0) is 12.0. The van der Waals surface area contributed by atoms with Crippen LogP contribution in [-0.2, 0) is 11.3 Å². The Morgan fingerprint density at radius 1 is 1.50 bits per heavy atom. The van der Waals surface area contributed by atoms with Crippen molar-refractivity contribution in [1.29, 1.82) is 0 Å². The van der Waals surface area contributed by atoms with Gasteiger partial charge in [0.2, 0.25) is 0 Å². The van der Waals surface area contributed by atoms with Gasteiger partial charge >= 0.3 is 0 Å². The summed E-state index contributed by atoms with van der Waals surface area (Å²) in [6.45, 7) is 2.47. The first-order valence-corrected chi connectivity index (χ1v) is 4.91. The number of hydrogen-bond acceptors (Lipinski definition) is 5. The van der Waals surface area contributed by atoms with E-state index in [2.05, 4.69) is 20.8 Å². The molecular weight excluding hydrogens is 220 g/mol. The first-order chi connectivity index (χ1) is 7.65. The number of tetrazole rings is 1. The van der Waals surface area contributed by atoms with Gasteiger partial charge in [0.15, 0.2) is 5.82 Å². The zero-order valence-corrected chi connectivity index (χ0v) is 9.23. The highest BCUT2D eigenvalue weighted by Crippen LogP contribution is 2.08. The Bertz CT molecular complexity index is 306. The van der Waals surface area contributed by atoms with Crippen LogP contribution >= 0.6 is 0 Å². The molecular formula is C8H15F2N5O. The number of ether oxygens (including phenoxy) is 1. The molecule has 1 unspecified atom stereocenters. The lowest BCUT2D eigenvalue weighted by Crippen LogP contribution is -2.26. The molecule has 0 saturated heterocycles. The Labute approximate surface area is 92.0 Å². The molecule has 0 aliphatic carbocycles. The molecule has 0 aliphatic rings. The van der Waals surface area contributed by atoms with E-state index in [-0.39, 0.29) is 6.04 Å². The third-order valence-corrected chi connectivity index (χ3v) is 2.01. The van der Waals surface area contributed by atoms with Crippen LogP contribution in [0.5, 0.6) is 0 Å². The summed E-state index contributed by atoms with van der Waals surface area (Å²) in [5.41, 5.74) is 0. The largest absolute Gasteiger partial charge is 0.383 e. The van der Waals surface area contributed by atoms with Crippen molar-refractivity contribution in [1.82, 2.24) is 25.5 Å². The summed E-state index contributed by atoms with van der Waals surface area (Å²) in [5.74, 6) is 0.399. The second-order valence-electron chi connectivity index (χ2n) is 3.28. The average Bonchev–Trinajstić information content (AvgIpc) is 2.65. The summed E-state index contributed by atoms with van der Waals surface area (Å²) < 4.78 is 30.4. The summed E-state index contributed by atoms with van der Waals surface area (Å²) in [5, 5.41) is 13.7. The molecule has 1 aromatic rings. The molecule has 1 atom stereocenters. The predicted molar refractivity (Wildman–Crippen MR) is 52.1 cm³/mol. The smallest absolute Gasteiger partial charge is 0.258 e. The minimum Gasteiger partial charge on any atom is -0.383 e. The molecule has 0 aromatic carbocycles. The molecule has 92 valence electrons. The molecule has 0 aliphatic heterocycles. The van der Waals surface area contributed by atoms with Gasteiger partial charge in [0.05, 0.1) is 12.6 Å². The lowest BCUT2D eigenvalue weighted by atomic mass is 10.3. The summed E-state index contributed by atoms with van der Waals surface area (Å²) in [6.07, 6.45) is -2.46. The lowest BCUT2D eigenvalue weighted by Gasteiger charge is -2.12. The summed E-state index contributed by atoms with van der Waals surface area (Å²) >= 11 is 0. The number of halogens is 2. The normalized spacial score (nSPS) is 13.3. The Morgan fingerprint density at radius 2 is 2.25 bits per heavy atom. The van der Waals surface area contributed by atoms with Crippen molar-refractivity contribution in [2.45, 2.75) is 25.9 Å². The number of alkyl halides is 2. The molecule has 0 spiro atoms. The average molecular weight is 235 g/mol. The molecule has 8 heteroatoms. The SMILES string of the molecule is COCCNC(C)c1nnnn1CC(F)F. The van der Waals surface area contributed by atoms with Gasteiger partial charge in [0.25, 0.3) is 6.43 Å². The highest BCUT2D eigenvalue weighted by Gasteiger charge is 2.16. The Kier molecular flexibility index (Phi) is 5.20. The number of rotatable bonds is 7. The van der Waals surface area contributed by atoms with Crippen LogP contribution < -0.4 is 5.32 Å². The van der Waals surface area contributed by atoms with Gasteiger partial charge in [-0.25, -0.2) is 13.5 Å². The van der Waals surface area contributed by atoms with E-state index in [1.165, 1.54) is 0 Å². The molecule has 0 radical (unpaired) electrons. The van der Waals surface area contributed by atoms with E-state index >= 15 is 0 Å². The monoisotopic (exact) mass is 235 g/mol. The first kappa shape index (κ1) is 12.9. The fourth-order valence-corrected chi connectivity index (χ4v) is 1.25. The minimum atomic E-state index is -2.46. The molecule has 0 fully saturated rings. The van der Waals surface area contributed by atoms with Crippen molar-refractivity contribution in [3.8, 4) is 0 Å². The zero-order valence-electron chi connectivity index (χ0n) is 9.23. The van der Waals surface area contributed by atoms with Crippen molar-refractivity contribution in [2.75, 3.05) is 20.3 Å². The Hall–Kier alpha value is -1.15. The molecule has 16 heavy (non-hydrogen) atoms. The molecule has 1 N–H and O–H groups in total. The fourth-order valence-electron chi connectivity index (χ4n) is 1.25. The number of hydrogen-bond donors (Lipinski definition) is 1. The van der Waals surface area contributed by atoms with Crippen LogP contribution in [0, 0.1) is 0 Å². The van der Waals surface area contributed by atoms with Crippen LogP contribution in [0.15, 0.2) is 0 Å². The summed E-state index contributed by atoms with van der Waals surface area (Å²) in [4.78, 5) is 0. The highest BCUT2D eigenvalue weighted by molar-refractivity contribution is 4.89. The van der Waals surface area contributed by atoms with E-state index in [1.807, 2.05) is 6.92 Å². The topological polar surface area (TPSA) is 64.9 Å². The van der Waals surface area contributed by atoms with Gasteiger partial charge in [0, 0.05) is 13.7 Å². The second-order valence-corrected chi connectivity index (χ2v) is 3.28. The number of nitrogens with zero attached hydrogens (tertiary/aromatic N) is 4. The van der Waals surface area contributed by atoms with Gasteiger partial charge < -0.3 is 10.1 Å². The predicted octanol–water partition coefficient (Wildman–Crippen LogP) is 0.235. The Balaban J connectivity index is 2.53. The second kappa shape index (κ2) is 6.44. The molecule has 0 saturated carbocycles. The van der Waals surface area contributed by atoms with E-state index in [9.17, 15) is 8.78 Å². The van der Waals surface area contributed by atoms with Crippen LogP contribution in [0.3, 0.4) is 0 Å². The third-order valence-electron chi connectivity index (χ3n) is 2.01. The van der Waals surface area contributed by atoms with Crippen LogP contribution in [0.2, 0.25) is 0 Å². The van der Waals surface area contributed by atoms with Gasteiger partial charge in [-0.05, 0) is 17.4 Å². The maximum absolute atomic E-state index is 12.2. The molecule has 1 rings (SSSR count). The summed E-state index contributed by atoms with van der Waals surface area (Å²) in [6, 6.07) is -0.191. The molecule has 1 aromatic heterocycles. The molecule has 0 amide bonds. The van der Waals surface area contributed by atoms with Crippen LogP contribution in [-0.4, -0.2) is 46.9 Å². The Morgan fingerprint density at radius 3 is 2.88 bits per heavy atom. The van der Waals surface area contributed by atoms with Crippen LogP contribution in [0.4, 0.5) is 8.78 Å². The number of methoxy groups -OCH3 is 1. The standard InChI is InChI=1S/C8H15F2N5O/c1-6(11-3-4-16-2)8-12-13-14-15(8)5-7(9)10/h6-7,11H,3-5H2,1-2H3. The van der Waals surface area contributed by atoms with E-state index in [0.717, 1.165) is 4.68 Å². The van der Waals surface area contributed by atoms with E-state index < -0.39 is 13.0 Å². The van der Waals surface area contributed by atoms with Crippen molar-refractivity contribution in [3.05, 3.63) is 5.82 Å². The van der Waals surface area contributed by atoms with Crippen molar-refractivity contribution < 1.29 is 13.5 Å². The van der Waals surface area contributed by atoms with E-state index in [0.29, 0.717) is 19.0 Å². The van der Waals surface area contributed by atoms with Crippen LogP contribution in [0.25, 0.3) is 0 Å². The van der Waals surface area contributed by atoms with Crippen LogP contribution in [0.1, 0.15) is 18.8 Å². The van der Waals surface area contributed by atoms with Gasteiger partial charge in [-0.2, -0.15) is 0 Å². The molecule has 1 heterocycles. The van der Waals surface area contributed by atoms with E-state index in [4.69, 9.17) is 4.74 Å². The van der Waals surface area contributed by atoms with Crippen molar-refractivity contribution in [3.63, 3.8) is 0 Å². The number of nitrogens with one attached hydrogen (secondary N) is 1.